The number of carbonyl (C=O) groups is 2. The highest BCUT2D eigenvalue weighted by Gasteiger charge is 2.28. The molecule has 0 bridgehead atoms. The van der Waals surface area contributed by atoms with Crippen molar-refractivity contribution in [2.45, 2.75) is 39.2 Å². The van der Waals surface area contributed by atoms with Crippen LogP contribution in [0.1, 0.15) is 38.7 Å². The summed E-state index contributed by atoms with van der Waals surface area (Å²) < 4.78 is 10.1. The van der Waals surface area contributed by atoms with Crippen molar-refractivity contribution in [1.82, 2.24) is 5.32 Å². The molecule has 3 atom stereocenters. The SMILES string of the molecule is COc1ccc(/C=C(\C#N)C(=O)OCC(=O)N[C@@H]2CCC[C@@H](C)[C@@H]2C)cc1. The highest BCUT2D eigenvalue weighted by molar-refractivity contribution is 5.98. The molecule has 6 nitrogen and oxygen atoms in total. The van der Waals surface area contributed by atoms with Crippen molar-refractivity contribution in [2.75, 3.05) is 13.7 Å². The average molecular weight is 370 g/mol. The van der Waals surface area contributed by atoms with Crippen molar-refractivity contribution in [3.05, 3.63) is 35.4 Å². The van der Waals surface area contributed by atoms with Crippen molar-refractivity contribution in [3.63, 3.8) is 0 Å². The number of esters is 1. The van der Waals surface area contributed by atoms with E-state index in [1.807, 2.05) is 6.07 Å². The van der Waals surface area contributed by atoms with E-state index in [1.54, 1.807) is 31.4 Å². The van der Waals surface area contributed by atoms with Crippen molar-refractivity contribution >= 4 is 18.0 Å². The smallest absolute Gasteiger partial charge is 0.349 e. The number of hydrogen-bond acceptors (Lipinski definition) is 5. The number of carbonyl (C=O) groups excluding carboxylic acids is 2. The monoisotopic (exact) mass is 370 g/mol. The first kappa shape index (κ1) is 20.5. The molecule has 0 aliphatic heterocycles. The zero-order chi connectivity index (χ0) is 19.8. The summed E-state index contributed by atoms with van der Waals surface area (Å²) in [4.78, 5) is 24.2. The minimum absolute atomic E-state index is 0.102. The van der Waals surface area contributed by atoms with Crippen LogP contribution in [-0.4, -0.2) is 31.6 Å². The quantitative estimate of drug-likeness (QED) is 0.472. The number of ether oxygens (including phenoxy) is 2. The number of rotatable bonds is 6. The largest absolute Gasteiger partial charge is 0.497 e. The third-order valence-electron chi connectivity index (χ3n) is 5.15. The first-order valence-corrected chi connectivity index (χ1v) is 9.17. The molecule has 0 aromatic heterocycles. The summed E-state index contributed by atoms with van der Waals surface area (Å²) in [6, 6.07) is 8.83. The lowest BCUT2D eigenvalue weighted by atomic mass is 9.78. The standard InChI is InChI=1S/C21H26N2O4/c1-14-5-4-6-19(15(14)2)23-20(24)13-27-21(25)17(12-22)11-16-7-9-18(26-3)10-8-16/h7-11,14-15,19H,4-6,13H2,1-3H3,(H,23,24)/b17-11+/t14-,15+,19-/m1/s1. The van der Waals surface area contributed by atoms with Crippen LogP contribution in [0, 0.1) is 23.2 Å². The van der Waals surface area contributed by atoms with E-state index in [4.69, 9.17) is 9.47 Å². The Hall–Kier alpha value is -2.81. The maximum absolute atomic E-state index is 12.1. The van der Waals surface area contributed by atoms with Gasteiger partial charge in [-0.3, -0.25) is 4.79 Å². The van der Waals surface area contributed by atoms with Crippen molar-refractivity contribution < 1.29 is 19.1 Å². The Bertz CT molecular complexity index is 734. The van der Waals surface area contributed by atoms with Crippen molar-refractivity contribution in [2.24, 2.45) is 11.8 Å². The van der Waals surface area contributed by atoms with E-state index in [1.165, 1.54) is 12.5 Å². The molecule has 1 fully saturated rings. The fraction of sp³-hybridized carbons (Fsp3) is 0.476. The summed E-state index contributed by atoms with van der Waals surface area (Å²) in [6.45, 7) is 3.93. The van der Waals surface area contributed by atoms with E-state index in [2.05, 4.69) is 19.2 Å². The Morgan fingerprint density at radius 3 is 2.59 bits per heavy atom. The zero-order valence-electron chi connectivity index (χ0n) is 16.0. The van der Waals surface area contributed by atoms with Gasteiger partial charge in [0.05, 0.1) is 7.11 Å². The van der Waals surface area contributed by atoms with E-state index < -0.39 is 12.6 Å². The van der Waals surface area contributed by atoms with E-state index in [0.717, 1.165) is 12.8 Å². The lowest BCUT2D eigenvalue weighted by Gasteiger charge is -2.34. The van der Waals surface area contributed by atoms with Gasteiger partial charge in [0, 0.05) is 6.04 Å². The topological polar surface area (TPSA) is 88.4 Å². The molecule has 0 spiro atoms. The second-order valence-corrected chi connectivity index (χ2v) is 6.96. The zero-order valence-corrected chi connectivity index (χ0v) is 16.0. The number of hydrogen-bond donors (Lipinski definition) is 1. The molecular weight excluding hydrogens is 344 g/mol. The van der Waals surface area contributed by atoms with E-state index in [-0.39, 0.29) is 17.5 Å². The summed E-state index contributed by atoms with van der Waals surface area (Å²) >= 11 is 0. The molecule has 1 aliphatic rings. The summed E-state index contributed by atoms with van der Waals surface area (Å²) in [6.07, 6.45) is 4.61. The second kappa shape index (κ2) is 9.77. The molecule has 1 amide bonds. The van der Waals surface area contributed by atoms with Crippen LogP contribution in [0.4, 0.5) is 0 Å². The molecule has 1 aromatic carbocycles. The van der Waals surface area contributed by atoms with E-state index in [0.29, 0.717) is 23.1 Å². The fourth-order valence-corrected chi connectivity index (χ4v) is 3.25. The number of methoxy groups -OCH3 is 1. The highest BCUT2D eigenvalue weighted by Crippen LogP contribution is 2.29. The number of nitriles is 1. The van der Waals surface area contributed by atoms with Crippen LogP contribution in [-0.2, 0) is 14.3 Å². The Labute approximate surface area is 160 Å². The molecule has 2 rings (SSSR count). The second-order valence-electron chi connectivity index (χ2n) is 6.96. The van der Waals surface area contributed by atoms with Gasteiger partial charge in [0.2, 0.25) is 0 Å². The normalized spacial score (nSPS) is 22.4. The third-order valence-corrected chi connectivity index (χ3v) is 5.15. The van der Waals surface area contributed by atoms with Crippen molar-refractivity contribution in [3.8, 4) is 11.8 Å². The third kappa shape index (κ3) is 5.85. The molecular formula is C21H26N2O4. The lowest BCUT2D eigenvalue weighted by molar-refractivity contribution is -0.144. The van der Waals surface area contributed by atoms with Crippen LogP contribution in [0.2, 0.25) is 0 Å². The Morgan fingerprint density at radius 1 is 1.26 bits per heavy atom. The summed E-state index contributed by atoms with van der Waals surface area (Å²) in [7, 11) is 1.56. The summed E-state index contributed by atoms with van der Waals surface area (Å²) in [5.41, 5.74) is 0.506. The van der Waals surface area contributed by atoms with Crippen LogP contribution in [0.3, 0.4) is 0 Å². The van der Waals surface area contributed by atoms with Gasteiger partial charge in [-0.1, -0.05) is 38.8 Å². The van der Waals surface area contributed by atoms with Crippen LogP contribution in [0.5, 0.6) is 5.75 Å². The van der Waals surface area contributed by atoms with Crippen LogP contribution in [0.15, 0.2) is 29.8 Å². The summed E-state index contributed by atoms with van der Waals surface area (Å²) in [5.74, 6) is 0.480. The average Bonchev–Trinajstić information content (AvgIpc) is 2.68. The summed E-state index contributed by atoms with van der Waals surface area (Å²) in [5, 5.41) is 12.1. The van der Waals surface area contributed by atoms with Gasteiger partial charge in [0.25, 0.3) is 5.91 Å². The van der Waals surface area contributed by atoms with Gasteiger partial charge in [-0.2, -0.15) is 5.26 Å². The van der Waals surface area contributed by atoms with Gasteiger partial charge in [-0.05, 0) is 42.0 Å². The van der Waals surface area contributed by atoms with E-state index >= 15 is 0 Å². The molecule has 0 radical (unpaired) electrons. The molecule has 0 heterocycles. The molecule has 0 saturated heterocycles. The van der Waals surface area contributed by atoms with Crippen LogP contribution >= 0.6 is 0 Å². The number of nitrogens with one attached hydrogen (secondary N) is 1. The molecule has 1 N–H and O–H groups in total. The van der Waals surface area contributed by atoms with Gasteiger partial charge in [0.1, 0.15) is 17.4 Å². The maximum atomic E-state index is 12.1. The predicted molar refractivity (Wildman–Crippen MR) is 102 cm³/mol. The Morgan fingerprint density at radius 2 is 1.96 bits per heavy atom. The fourth-order valence-electron chi connectivity index (χ4n) is 3.25. The molecule has 6 heteroatoms. The lowest BCUT2D eigenvalue weighted by Crippen LogP contribution is -2.45. The predicted octanol–water partition coefficient (Wildman–Crippen LogP) is 3.09. The number of amides is 1. The minimum Gasteiger partial charge on any atom is -0.497 e. The van der Waals surface area contributed by atoms with Gasteiger partial charge < -0.3 is 14.8 Å². The van der Waals surface area contributed by atoms with Crippen LogP contribution < -0.4 is 10.1 Å². The first-order valence-electron chi connectivity index (χ1n) is 9.17. The molecule has 27 heavy (non-hydrogen) atoms. The highest BCUT2D eigenvalue weighted by atomic mass is 16.5. The van der Waals surface area contributed by atoms with Gasteiger partial charge in [0.15, 0.2) is 6.61 Å². The molecule has 1 aliphatic carbocycles. The Kier molecular flexibility index (Phi) is 7.42. The number of nitrogens with zero attached hydrogens (tertiary/aromatic N) is 1. The van der Waals surface area contributed by atoms with Crippen LogP contribution in [0.25, 0.3) is 6.08 Å². The minimum atomic E-state index is -0.812. The first-order chi connectivity index (χ1) is 12.9. The molecule has 1 saturated carbocycles. The maximum Gasteiger partial charge on any atom is 0.349 e. The van der Waals surface area contributed by atoms with Gasteiger partial charge in [-0.25, -0.2) is 4.79 Å². The molecule has 1 aromatic rings. The van der Waals surface area contributed by atoms with E-state index in [9.17, 15) is 14.9 Å². The van der Waals surface area contributed by atoms with Crippen molar-refractivity contribution in [1.29, 1.82) is 5.26 Å². The van der Waals surface area contributed by atoms with Gasteiger partial charge >= 0.3 is 5.97 Å². The van der Waals surface area contributed by atoms with Gasteiger partial charge in [-0.15, -0.1) is 0 Å². The number of benzene rings is 1. The Balaban J connectivity index is 1.89. The molecule has 144 valence electrons. The molecule has 0 unspecified atom stereocenters.